The number of aliphatic hydroxyl groups is 1. The van der Waals surface area contributed by atoms with Crippen LogP contribution in [0.4, 0.5) is 0 Å². The van der Waals surface area contributed by atoms with Gasteiger partial charge in [0.05, 0.1) is 12.6 Å². The summed E-state index contributed by atoms with van der Waals surface area (Å²) in [6.45, 7) is 0.184. The summed E-state index contributed by atoms with van der Waals surface area (Å²) in [5.74, 6) is 0. The van der Waals surface area contributed by atoms with E-state index in [-0.39, 0.29) is 18.1 Å². The molecular formula is C17H23NO. The van der Waals surface area contributed by atoms with Crippen LogP contribution in [0.25, 0.3) is 5.57 Å². The van der Waals surface area contributed by atoms with Crippen molar-refractivity contribution in [1.29, 1.82) is 0 Å². The Labute approximate surface area is 115 Å². The van der Waals surface area contributed by atoms with Crippen LogP contribution < -0.4 is 0 Å². The Morgan fingerprint density at radius 3 is 2.53 bits per heavy atom. The zero-order chi connectivity index (χ0) is 13.5. The summed E-state index contributed by atoms with van der Waals surface area (Å²) in [6, 6.07) is 8.89. The van der Waals surface area contributed by atoms with Gasteiger partial charge in [-0.05, 0) is 43.6 Å². The summed E-state index contributed by atoms with van der Waals surface area (Å²) in [5.41, 5.74) is 4.43. The number of benzene rings is 1. The molecule has 0 aromatic heterocycles. The van der Waals surface area contributed by atoms with Crippen LogP contribution in [-0.2, 0) is 5.41 Å². The van der Waals surface area contributed by atoms with E-state index in [0.29, 0.717) is 0 Å². The van der Waals surface area contributed by atoms with Gasteiger partial charge in [0, 0.05) is 5.41 Å². The predicted octanol–water partition coefficient (Wildman–Crippen LogP) is 2.82. The van der Waals surface area contributed by atoms with E-state index in [1.54, 1.807) is 0 Å². The van der Waals surface area contributed by atoms with Gasteiger partial charge in [0.15, 0.2) is 0 Å². The molecule has 0 radical (unpaired) electrons. The lowest BCUT2D eigenvalue weighted by atomic mass is 9.81. The van der Waals surface area contributed by atoms with Crippen LogP contribution in [0.1, 0.15) is 36.8 Å². The zero-order valence-corrected chi connectivity index (χ0v) is 11.9. The molecule has 0 saturated heterocycles. The molecule has 19 heavy (non-hydrogen) atoms. The molecule has 0 bridgehead atoms. The summed E-state index contributed by atoms with van der Waals surface area (Å²) >= 11 is 0. The van der Waals surface area contributed by atoms with Gasteiger partial charge in [-0.2, -0.15) is 0 Å². The van der Waals surface area contributed by atoms with Crippen molar-refractivity contribution in [3.05, 3.63) is 41.5 Å². The van der Waals surface area contributed by atoms with Gasteiger partial charge in [0.2, 0.25) is 0 Å². The minimum atomic E-state index is 0.112. The summed E-state index contributed by atoms with van der Waals surface area (Å²) in [5, 5.41) is 9.73. The standard InChI is InChI=1S/C17H23NO/c1-18(2)16(12-19)14-11-17(9-5-6-10-17)15-8-4-3-7-13(14)15/h3-4,7-8,11,16,19H,5-6,9-10,12H2,1-2H3. The van der Waals surface area contributed by atoms with Gasteiger partial charge in [-0.1, -0.05) is 43.2 Å². The van der Waals surface area contributed by atoms with E-state index in [4.69, 9.17) is 0 Å². The van der Waals surface area contributed by atoms with Crippen molar-refractivity contribution in [1.82, 2.24) is 4.90 Å². The van der Waals surface area contributed by atoms with Crippen LogP contribution >= 0.6 is 0 Å². The molecule has 2 heteroatoms. The van der Waals surface area contributed by atoms with Crippen molar-refractivity contribution >= 4 is 5.57 Å². The first kappa shape index (κ1) is 12.9. The molecule has 102 valence electrons. The number of hydrogen-bond donors (Lipinski definition) is 1. The summed E-state index contributed by atoms with van der Waals surface area (Å²) < 4.78 is 0. The highest BCUT2D eigenvalue weighted by atomic mass is 16.3. The average molecular weight is 257 g/mol. The van der Waals surface area contributed by atoms with Crippen molar-refractivity contribution in [2.75, 3.05) is 20.7 Å². The molecule has 1 N–H and O–H groups in total. The van der Waals surface area contributed by atoms with Crippen molar-refractivity contribution in [2.45, 2.75) is 37.1 Å². The molecule has 2 aliphatic rings. The zero-order valence-electron chi connectivity index (χ0n) is 11.9. The third-order valence-corrected chi connectivity index (χ3v) is 4.86. The molecule has 1 aromatic rings. The Balaban J connectivity index is 2.10. The van der Waals surface area contributed by atoms with Gasteiger partial charge in [-0.15, -0.1) is 0 Å². The highest BCUT2D eigenvalue weighted by molar-refractivity contribution is 5.79. The molecule has 0 heterocycles. The summed E-state index contributed by atoms with van der Waals surface area (Å²) in [4.78, 5) is 2.12. The van der Waals surface area contributed by atoms with Crippen LogP contribution in [0.5, 0.6) is 0 Å². The van der Waals surface area contributed by atoms with Crippen molar-refractivity contribution < 1.29 is 5.11 Å². The van der Waals surface area contributed by atoms with Crippen molar-refractivity contribution in [3.8, 4) is 0 Å². The van der Waals surface area contributed by atoms with Gasteiger partial charge in [-0.25, -0.2) is 0 Å². The van der Waals surface area contributed by atoms with Gasteiger partial charge >= 0.3 is 0 Å². The number of allylic oxidation sites excluding steroid dienone is 1. The van der Waals surface area contributed by atoms with Gasteiger partial charge in [0.1, 0.15) is 0 Å². The quantitative estimate of drug-likeness (QED) is 0.900. The van der Waals surface area contributed by atoms with E-state index in [0.717, 1.165) is 0 Å². The third-order valence-electron chi connectivity index (χ3n) is 4.86. The maximum atomic E-state index is 9.73. The molecule has 1 saturated carbocycles. The number of aliphatic hydroxyl groups excluding tert-OH is 1. The SMILES string of the molecule is CN(C)C(CO)C1=CC2(CCCC2)c2ccccc21. The Hall–Kier alpha value is -1.12. The molecule has 1 atom stereocenters. The molecule has 1 spiro atoms. The number of likely N-dealkylation sites (N-methyl/N-ethyl adjacent to an activating group) is 1. The van der Waals surface area contributed by atoms with Crippen LogP contribution in [0.15, 0.2) is 30.3 Å². The topological polar surface area (TPSA) is 23.5 Å². The minimum absolute atomic E-state index is 0.112. The molecule has 2 aliphatic carbocycles. The fourth-order valence-electron chi connectivity index (χ4n) is 3.86. The van der Waals surface area contributed by atoms with Crippen LogP contribution in [0, 0.1) is 0 Å². The fraction of sp³-hybridized carbons (Fsp3) is 0.529. The molecule has 0 aliphatic heterocycles. The van der Waals surface area contributed by atoms with E-state index in [2.05, 4.69) is 35.2 Å². The smallest absolute Gasteiger partial charge is 0.0628 e. The van der Waals surface area contributed by atoms with E-state index >= 15 is 0 Å². The molecule has 2 nitrogen and oxygen atoms in total. The molecule has 1 aromatic carbocycles. The Bertz CT molecular complexity index is 498. The maximum absolute atomic E-state index is 9.73. The van der Waals surface area contributed by atoms with Crippen molar-refractivity contribution in [3.63, 3.8) is 0 Å². The highest BCUT2D eigenvalue weighted by Gasteiger charge is 2.41. The maximum Gasteiger partial charge on any atom is 0.0628 e. The largest absolute Gasteiger partial charge is 0.394 e. The van der Waals surface area contributed by atoms with E-state index < -0.39 is 0 Å². The number of hydrogen-bond acceptors (Lipinski definition) is 2. The lowest BCUT2D eigenvalue weighted by molar-refractivity contribution is 0.205. The molecule has 1 unspecified atom stereocenters. The Morgan fingerprint density at radius 1 is 1.21 bits per heavy atom. The van der Waals surface area contributed by atoms with Gasteiger partial charge < -0.3 is 10.0 Å². The monoisotopic (exact) mass is 257 g/mol. The highest BCUT2D eigenvalue weighted by Crippen LogP contribution is 2.51. The molecule has 1 fully saturated rings. The van der Waals surface area contributed by atoms with E-state index in [1.165, 1.54) is 42.4 Å². The second-order valence-electron chi connectivity index (χ2n) is 6.17. The molecular weight excluding hydrogens is 234 g/mol. The number of rotatable bonds is 3. The number of nitrogens with zero attached hydrogens (tertiary/aromatic N) is 1. The molecule has 0 amide bonds. The first-order chi connectivity index (χ1) is 9.18. The third kappa shape index (κ3) is 1.94. The van der Waals surface area contributed by atoms with Crippen LogP contribution in [0.2, 0.25) is 0 Å². The van der Waals surface area contributed by atoms with E-state index in [9.17, 15) is 5.11 Å². The van der Waals surface area contributed by atoms with Crippen molar-refractivity contribution in [2.24, 2.45) is 0 Å². The average Bonchev–Trinajstić information content (AvgIpc) is 2.99. The lowest BCUT2D eigenvalue weighted by Gasteiger charge is -2.24. The van der Waals surface area contributed by atoms with Crippen LogP contribution in [0.3, 0.4) is 0 Å². The predicted molar refractivity (Wildman–Crippen MR) is 79.1 cm³/mol. The number of fused-ring (bicyclic) bond motifs is 2. The second kappa shape index (κ2) is 4.77. The first-order valence-electron chi connectivity index (χ1n) is 7.28. The van der Waals surface area contributed by atoms with Gasteiger partial charge in [-0.3, -0.25) is 0 Å². The lowest BCUT2D eigenvalue weighted by Crippen LogP contribution is -2.32. The second-order valence-corrected chi connectivity index (χ2v) is 6.17. The van der Waals surface area contributed by atoms with Crippen LogP contribution in [-0.4, -0.2) is 36.8 Å². The Morgan fingerprint density at radius 2 is 1.89 bits per heavy atom. The summed E-state index contributed by atoms with van der Waals surface area (Å²) in [7, 11) is 4.09. The first-order valence-corrected chi connectivity index (χ1v) is 7.28. The minimum Gasteiger partial charge on any atom is -0.394 e. The van der Waals surface area contributed by atoms with E-state index in [1.807, 2.05) is 14.1 Å². The fourth-order valence-corrected chi connectivity index (χ4v) is 3.86. The summed E-state index contributed by atoms with van der Waals surface area (Å²) in [6.07, 6.45) is 7.64. The van der Waals surface area contributed by atoms with Gasteiger partial charge in [0.25, 0.3) is 0 Å². The molecule has 3 rings (SSSR count). The normalized spacial score (nSPS) is 21.8. The Kier molecular flexibility index (Phi) is 3.23.